The zero-order valence-electron chi connectivity index (χ0n) is 17.8. The van der Waals surface area contributed by atoms with Crippen LogP contribution in [0.25, 0.3) is 0 Å². The average Bonchev–Trinajstić information content (AvgIpc) is 2.64. The molecule has 160 valence electrons. The molecule has 0 fully saturated rings. The van der Waals surface area contributed by atoms with Crippen LogP contribution in [0.2, 0.25) is 0 Å². The summed E-state index contributed by atoms with van der Waals surface area (Å²) in [6.07, 6.45) is -0.0818. The fraction of sp³-hybridized carbons (Fsp3) is 0.524. The van der Waals surface area contributed by atoms with Crippen molar-refractivity contribution in [1.29, 1.82) is 0 Å². The van der Waals surface area contributed by atoms with Gasteiger partial charge < -0.3 is 29.6 Å². The van der Waals surface area contributed by atoms with E-state index in [1.165, 1.54) is 7.11 Å². The molecule has 0 radical (unpaired) electrons. The Morgan fingerprint density at radius 1 is 1.14 bits per heavy atom. The number of carbonyl (C=O) groups is 2. The number of amides is 2. The predicted molar refractivity (Wildman–Crippen MR) is 108 cm³/mol. The Bertz CT molecular complexity index is 772. The lowest BCUT2D eigenvalue weighted by Crippen LogP contribution is -2.45. The molecule has 1 atom stereocenters. The number of rotatable bonds is 9. The summed E-state index contributed by atoms with van der Waals surface area (Å²) in [7, 11) is 1.54. The van der Waals surface area contributed by atoms with E-state index in [1.54, 1.807) is 25.1 Å². The average molecular weight is 406 g/mol. The molecule has 1 aromatic rings. The van der Waals surface area contributed by atoms with E-state index < -0.39 is 18.0 Å². The van der Waals surface area contributed by atoms with Gasteiger partial charge in [0.1, 0.15) is 6.61 Å². The van der Waals surface area contributed by atoms with Crippen LogP contribution in [0.4, 0.5) is 4.79 Å². The van der Waals surface area contributed by atoms with Gasteiger partial charge in [0.05, 0.1) is 37.5 Å². The molecule has 0 aliphatic carbocycles. The van der Waals surface area contributed by atoms with Crippen LogP contribution in [0.5, 0.6) is 11.5 Å². The van der Waals surface area contributed by atoms with E-state index in [0.29, 0.717) is 34.9 Å². The first-order valence-corrected chi connectivity index (χ1v) is 9.65. The summed E-state index contributed by atoms with van der Waals surface area (Å²) in [5, 5.41) is 5.43. The molecule has 0 spiro atoms. The Labute approximate surface area is 171 Å². The van der Waals surface area contributed by atoms with Crippen LogP contribution in [0, 0.1) is 0 Å². The Morgan fingerprint density at radius 2 is 1.86 bits per heavy atom. The number of hydrogen-bond acceptors (Lipinski definition) is 6. The maximum atomic E-state index is 12.8. The minimum absolute atomic E-state index is 0.0468. The van der Waals surface area contributed by atoms with Crippen molar-refractivity contribution >= 4 is 12.0 Å². The van der Waals surface area contributed by atoms with E-state index in [4.69, 9.17) is 18.9 Å². The SMILES string of the molecule is COc1cccc(C2NC(=O)NC(C)=C2C(=O)OCCOC(C)C)c1OC(C)C. The Hall–Kier alpha value is -2.74. The van der Waals surface area contributed by atoms with Gasteiger partial charge in [0.2, 0.25) is 0 Å². The predicted octanol–water partition coefficient (Wildman–Crippen LogP) is 3.08. The van der Waals surface area contributed by atoms with Gasteiger partial charge in [-0.05, 0) is 40.7 Å². The first-order chi connectivity index (χ1) is 13.7. The van der Waals surface area contributed by atoms with Crippen molar-refractivity contribution in [3.63, 3.8) is 0 Å². The first kappa shape index (κ1) is 22.5. The molecule has 0 saturated carbocycles. The second kappa shape index (κ2) is 10.2. The minimum Gasteiger partial charge on any atom is -0.493 e. The number of benzene rings is 1. The maximum absolute atomic E-state index is 12.8. The van der Waals surface area contributed by atoms with Crippen LogP contribution in [0.1, 0.15) is 46.2 Å². The topological polar surface area (TPSA) is 95.1 Å². The lowest BCUT2D eigenvalue weighted by molar-refractivity contribution is -0.141. The highest BCUT2D eigenvalue weighted by Crippen LogP contribution is 2.39. The van der Waals surface area contributed by atoms with Crippen molar-refractivity contribution in [3.05, 3.63) is 35.0 Å². The van der Waals surface area contributed by atoms with Crippen molar-refractivity contribution in [3.8, 4) is 11.5 Å². The number of ether oxygens (including phenoxy) is 4. The lowest BCUT2D eigenvalue weighted by atomic mass is 9.94. The van der Waals surface area contributed by atoms with Crippen molar-refractivity contribution in [1.82, 2.24) is 10.6 Å². The second-order valence-electron chi connectivity index (χ2n) is 7.17. The third-order valence-electron chi connectivity index (χ3n) is 4.15. The molecular weight excluding hydrogens is 376 g/mol. The normalized spacial score (nSPS) is 16.6. The summed E-state index contributed by atoms with van der Waals surface area (Å²) < 4.78 is 22.2. The van der Waals surface area contributed by atoms with Gasteiger partial charge in [-0.25, -0.2) is 9.59 Å². The molecule has 8 heteroatoms. The molecule has 2 rings (SSSR count). The van der Waals surface area contributed by atoms with Crippen LogP contribution >= 0.6 is 0 Å². The fourth-order valence-electron chi connectivity index (χ4n) is 2.98. The van der Waals surface area contributed by atoms with Crippen LogP contribution in [-0.2, 0) is 14.3 Å². The molecule has 1 heterocycles. The number of methoxy groups -OCH3 is 1. The van der Waals surface area contributed by atoms with Crippen LogP contribution < -0.4 is 20.1 Å². The molecule has 1 unspecified atom stereocenters. The number of urea groups is 1. The summed E-state index contributed by atoms with van der Waals surface area (Å²) in [4.78, 5) is 25.0. The van der Waals surface area contributed by atoms with Gasteiger partial charge in [-0.1, -0.05) is 12.1 Å². The van der Waals surface area contributed by atoms with Gasteiger partial charge in [-0.3, -0.25) is 0 Å². The Morgan fingerprint density at radius 3 is 2.48 bits per heavy atom. The van der Waals surface area contributed by atoms with E-state index in [0.717, 1.165) is 0 Å². The van der Waals surface area contributed by atoms with Crippen molar-refractivity contribution in [2.45, 2.75) is 52.9 Å². The van der Waals surface area contributed by atoms with E-state index in [2.05, 4.69) is 10.6 Å². The number of para-hydroxylation sites is 1. The van der Waals surface area contributed by atoms with Crippen molar-refractivity contribution < 1.29 is 28.5 Å². The van der Waals surface area contributed by atoms with Gasteiger partial charge in [-0.15, -0.1) is 0 Å². The van der Waals surface area contributed by atoms with Gasteiger partial charge in [-0.2, -0.15) is 0 Å². The molecule has 0 aromatic heterocycles. The van der Waals surface area contributed by atoms with E-state index >= 15 is 0 Å². The molecule has 1 aromatic carbocycles. The first-order valence-electron chi connectivity index (χ1n) is 9.65. The van der Waals surface area contributed by atoms with E-state index in [-0.39, 0.29) is 18.8 Å². The van der Waals surface area contributed by atoms with Gasteiger partial charge in [0.25, 0.3) is 0 Å². The van der Waals surface area contributed by atoms with Gasteiger partial charge in [0, 0.05) is 11.3 Å². The third kappa shape index (κ3) is 5.87. The monoisotopic (exact) mass is 406 g/mol. The number of carbonyl (C=O) groups excluding carboxylic acids is 2. The highest BCUT2D eigenvalue weighted by molar-refractivity contribution is 5.95. The van der Waals surface area contributed by atoms with Gasteiger partial charge >= 0.3 is 12.0 Å². The second-order valence-corrected chi connectivity index (χ2v) is 7.17. The van der Waals surface area contributed by atoms with E-state index in [1.807, 2.05) is 27.7 Å². The Balaban J connectivity index is 2.37. The van der Waals surface area contributed by atoms with Crippen LogP contribution in [0.3, 0.4) is 0 Å². The van der Waals surface area contributed by atoms with E-state index in [9.17, 15) is 9.59 Å². The molecule has 2 amide bonds. The molecule has 8 nitrogen and oxygen atoms in total. The summed E-state index contributed by atoms with van der Waals surface area (Å²) in [5.74, 6) is 0.448. The van der Waals surface area contributed by atoms with Crippen LogP contribution in [0.15, 0.2) is 29.5 Å². The highest BCUT2D eigenvalue weighted by atomic mass is 16.6. The summed E-state index contributed by atoms with van der Waals surface area (Å²) in [6.45, 7) is 9.66. The summed E-state index contributed by atoms with van der Waals surface area (Å²) in [5.41, 5.74) is 1.33. The fourth-order valence-corrected chi connectivity index (χ4v) is 2.98. The van der Waals surface area contributed by atoms with Crippen LogP contribution in [-0.4, -0.2) is 44.5 Å². The molecule has 0 saturated heterocycles. The Kier molecular flexibility index (Phi) is 7.90. The molecule has 1 aliphatic heterocycles. The van der Waals surface area contributed by atoms with Crippen molar-refractivity contribution in [2.24, 2.45) is 0 Å². The number of nitrogens with one attached hydrogen (secondary N) is 2. The molecule has 2 N–H and O–H groups in total. The largest absolute Gasteiger partial charge is 0.493 e. The summed E-state index contributed by atoms with van der Waals surface area (Å²) in [6, 6.07) is 4.18. The number of hydrogen-bond donors (Lipinski definition) is 2. The van der Waals surface area contributed by atoms with Crippen molar-refractivity contribution in [2.75, 3.05) is 20.3 Å². The molecule has 1 aliphatic rings. The number of esters is 1. The minimum atomic E-state index is -0.744. The number of allylic oxidation sites excluding steroid dienone is 1. The third-order valence-corrected chi connectivity index (χ3v) is 4.15. The molecule has 29 heavy (non-hydrogen) atoms. The maximum Gasteiger partial charge on any atom is 0.338 e. The zero-order valence-corrected chi connectivity index (χ0v) is 17.8. The lowest BCUT2D eigenvalue weighted by Gasteiger charge is -2.30. The smallest absolute Gasteiger partial charge is 0.338 e. The van der Waals surface area contributed by atoms with Gasteiger partial charge in [0.15, 0.2) is 11.5 Å². The zero-order chi connectivity index (χ0) is 21.6. The molecule has 0 bridgehead atoms. The quantitative estimate of drug-likeness (QED) is 0.483. The molecular formula is C21H30N2O6. The summed E-state index contributed by atoms with van der Waals surface area (Å²) >= 11 is 0. The standard InChI is InChI=1S/C21H30N2O6/c1-12(2)27-10-11-28-20(24)17-14(5)22-21(25)23-18(17)15-8-7-9-16(26-6)19(15)29-13(3)4/h7-9,12-13,18H,10-11H2,1-6H3,(H2,22,23,25). The highest BCUT2D eigenvalue weighted by Gasteiger charge is 2.35.